The zero-order valence-electron chi connectivity index (χ0n) is 8.52. The predicted octanol–water partition coefficient (Wildman–Crippen LogP) is 0.366. The molecule has 0 atom stereocenters. The molecule has 80 valence electrons. The quantitative estimate of drug-likeness (QED) is 0.658. The van der Waals surface area contributed by atoms with Gasteiger partial charge in [0, 0.05) is 19.2 Å². The molecule has 0 unspecified atom stereocenters. The number of carbonyl (C=O) groups excluding carboxylic acids is 1. The highest BCUT2D eigenvalue weighted by Crippen LogP contribution is 2.10. The molecule has 0 radical (unpaired) electrons. The van der Waals surface area contributed by atoms with E-state index in [2.05, 4.69) is 4.98 Å². The van der Waals surface area contributed by atoms with Gasteiger partial charge in [-0.25, -0.2) is 4.79 Å². The number of hydrogen-bond acceptors (Lipinski definition) is 4. The third-order valence-corrected chi connectivity index (χ3v) is 2.37. The molecule has 1 aliphatic rings. The van der Waals surface area contributed by atoms with Crippen molar-refractivity contribution in [3.05, 3.63) is 27.9 Å². The van der Waals surface area contributed by atoms with Crippen molar-refractivity contribution in [3.63, 3.8) is 0 Å². The molecule has 1 aromatic heterocycles. The van der Waals surface area contributed by atoms with Crippen LogP contribution in [0.25, 0.3) is 0 Å². The van der Waals surface area contributed by atoms with E-state index >= 15 is 0 Å². The number of nitrogens with zero attached hydrogens (tertiary/aromatic N) is 2. The number of esters is 1. The lowest BCUT2D eigenvalue weighted by Crippen LogP contribution is -2.23. The molecule has 0 aromatic carbocycles. The SMILES string of the molecule is CCOC(=O)c1cn2c(nc1=O)CCC2. The molecule has 0 N–H and O–H groups in total. The van der Waals surface area contributed by atoms with Gasteiger partial charge in [0.15, 0.2) is 0 Å². The minimum atomic E-state index is -0.586. The molecule has 0 fully saturated rings. The summed E-state index contributed by atoms with van der Waals surface area (Å²) in [6.45, 7) is 2.78. The summed E-state index contributed by atoms with van der Waals surface area (Å²) in [5.74, 6) is 0.172. The van der Waals surface area contributed by atoms with Crippen molar-refractivity contribution in [1.82, 2.24) is 9.55 Å². The minimum Gasteiger partial charge on any atom is -0.462 e. The van der Waals surface area contributed by atoms with Crippen LogP contribution in [0.5, 0.6) is 0 Å². The van der Waals surface area contributed by atoms with E-state index in [9.17, 15) is 9.59 Å². The van der Waals surface area contributed by atoms with Gasteiger partial charge in [-0.2, -0.15) is 4.98 Å². The Morgan fingerprint density at radius 3 is 3.20 bits per heavy atom. The van der Waals surface area contributed by atoms with Crippen LogP contribution in [0.1, 0.15) is 29.5 Å². The summed E-state index contributed by atoms with van der Waals surface area (Å²) in [6.07, 6.45) is 3.33. The largest absolute Gasteiger partial charge is 0.462 e. The minimum absolute atomic E-state index is 0.0301. The molecule has 1 aromatic rings. The molecular formula is C10H12N2O3. The Morgan fingerprint density at radius 1 is 1.67 bits per heavy atom. The summed E-state index contributed by atoms with van der Waals surface area (Å²) in [6, 6.07) is 0. The Labute approximate surface area is 86.7 Å². The van der Waals surface area contributed by atoms with E-state index in [1.165, 1.54) is 0 Å². The van der Waals surface area contributed by atoms with Gasteiger partial charge in [0.1, 0.15) is 11.4 Å². The summed E-state index contributed by atoms with van der Waals surface area (Å²) in [5.41, 5.74) is -0.455. The van der Waals surface area contributed by atoms with Crippen molar-refractivity contribution in [2.75, 3.05) is 6.61 Å². The fourth-order valence-corrected chi connectivity index (χ4v) is 1.68. The maximum atomic E-state index is 11.5. The Hall–Kier alpha value is -1.65. The maximum Gasteiger partial charge on any atom is 0.345 e. The molecular weight excluding hydrogens is 196 g/mol. The van der Waals surface area contributed by atoms with Crippen molar-refractivity contribution in [3.8, 4) is 0 Å². The third-order valence-electron chi connectivity index (χ3n) is 2.37. The smallest absolute Gasteiger partial charge is 0.345 e. The summed E-state index contributed by atoms with van der Waals surface area (Å²) < 4.78 is 6.62. The standard InChI is InChI=1S/C10H12N2O3/c1-2-15-10(14)7-6-12-5-3-4-8(12)11-9(7)13/h6H,2-5H2,1H3. The molecule has 0 saturated carbocycles. The number of rotatable bonds is 2. The highest BCUT2D eigenvalue weighted by atomic mass is 16.5. The Kier molecular flexibility index (Phi) is 2.53. The molecule has 2 rings (SSSR count). The highest BCUT2D eigenvalue weighted by Gasteiger charge is 2.18. The van der Waals surface area contributed by atoms with Crippen LogP contribution in [-0.4, -0.2) is 22.1 Å². The molecule has 5 nitrogen and oxygen atoms in total. The zero-order valence-corrected chi connectivity index (χ0v) is 8.52. The van der Waals surface area contributed by atoms with Gasteiger partial charge in [-0.1, -0.05) is 0 Å². The fourth-order valence-electron chi connectivity index (χ4n) is 1.68. The number of aromatic nitrogens is 2. The van der Waals surface area contributed by atoms with Gasteiger partial charge in [0.25, 0.3) is 5.56 Å². The monoisotopic (exact) mass is 208 g/mol. The van der Waals surface area contributed by atoms with Gasteiger partial charge in [-0.15, -0.1) is 0 Å². The Bertz CT molecular complexity index is 450. The second-order valence-corrected chi connectivity index (χ2v) is 3.39. The van der Waals surface area contributed by atoms with Crippen LogP contribution >= 0.6 is 0 Å². The highest BCUT2D eigenvalue weighted by molar-refractivity contribution is 5.88. The normalized spacial score (nSPS) is 13.7. The van der Waals surface area contributed by atoms with Gasteiger partial charge in [0.05, 0.1) is 6.61 Å². The number of carbonyl (C=O) groups is 1. The third kappa shape index (κ3) is 1.77. The van der Waals surface area contributed by atoms with Crippen molar-refractivity contribution < 1.29 is 9.53 Å². The van der Waals surface area contributed by atoms with Crippen LogP contribution in [0.4, 0.5) is 0 Å². The van der Waals surface area contributed by atoms with Crippen molar-refractivity contribution in [2.45, 2.75) is 26.3 Å². The van der Waals surface area contributed by atoms with E-state index in [1.807, 2.05) is 4.57 Å². The zero-order chi connectivity index (χ0) is 10.8. The first kappa shape index (κ1) is 9.89. The summed E-state index contributed by atoms with van der Waals surface area (Å²) in [7, 11) is 0. The Morgan fingerprint density at radius 2 is 2.47 bits per heavy atom. The number of fused-ring (bicyclic) bond motifs is 1. The van der Waals surface area contributed by atoms with E-state index in [-0.39, 0.29) is 12.2 Å². The first-order chi connectivity index (χ1) is 7.22. The first-order valence-electron chi connectivity index (χ1n) is 5.00. The molecule has 2 heterocycles. The number of hydrogen-bond donors (Lipinski definition) is 0. The van der Waals surface area contributed by atoms with E-state index in [1.54, 1.807) is 13.1 Å². The van der Waals surface area contributed by atoms with Gasteiger partial charge >= 0.3 is 5.97 Å². The molecule has 0 saturated heterocycles. The molecule has 1 aliphatic heterocycles. The van der Waals surface area contributed by atoms with Gasteiger partial charge < -0.3 is 9.30 Å². The van der Waals surface area contributed by atoms with E-state index in [0.29, 0.717) is 0 Å². The topological polar surface area (TPSA) is 61.2 Å². The van der Waals surface area contributed by atoms with Crippen molar-refractivity contribution in [2.24, 2.45) is 0 Å². The number of ether oxygens (including phenoxy) is 1. The molecule has 5 heteroatoms. The predicted molar refractivity (Wildman–Crippen MR) is 52.8 cm³/mol. The average molecular weight is 208 g/mol. The lowest BCUT2D eigenvalue weighted by molar-refractivity contribution is 0.0523. The van der Waals surface area contributed by atoms with Crippen LogP contribution in [0, 0.1) is 0 Å². The van der Waals surface area contributed by atoms with Crippen molar-refractivity contribution in [1.29, 1.82) is 0 Å². The van der Waals surface area contributed by atoms with E-state index in [0.717, 1.165) is 25.2 Å². The lowest BCUT2D eigenvalue weighted by atomic mass is 10.3. The summed E-state index contributed by atoms with van der Waals surface area (Å²) in [5, 5.41) is 0. The van der Waals surface area contributed by atoms with Crippen LogP contribution in [0.2, 0.25) is 0 Å². The first-order valence-corrected chi connectivity index (χ1v) is 5.00. The lowest BCUT2D eigenvalue weighted by Gasteiger charge is -2.05. The summed E-state index contributed by atoms with van der Waals surface area (Å²) >= 11 is 0. The van der Waals surface area contributed by atoms with Crippen LogP contribution in [-0.2, 0) is 17.7 Å². The molecule has 0 amide bonds. The molecule has 0 bridgehead atoms. The van der Waals surface area contributed by atoms with E-state index < -0.39 is 11.5 Å². The summed E-state index contributed by atoms with van der Waals surface area (Å²) in [4.78, 5) is 26.7. The number of aryl methyl sites for hydroxylation is 2. The van der Waals surface area contributed by atoms with Gasteiger partial charge in [0.2, 0.25) is 0 Å². The van der Waals surface area contributed by atoms with Crippen molar-refractivity contribution >= 4 is 5.97 Å². The van der Waals surface area contributed by atoms with E-state index in [4.69, 9.17) is 4.74 Å². The second kappa shape index (κ2) is 3.84. The second-order valence-electron chi connectivity index (χ2n) is 3.39. The molecule has 0 aliphatic carbocycles. The van der Waals surface area contributed by atoms with Crippen LogP contribution in [0.15, 0.2) is 11.0 Å². The van der Waals surface area contributed by atoms with Crippen LogP contribution in [0.3, 0.4) is 0 Å². The molecule has 15 heavy (non-hydrogen) atoms. The molecule has 0 spiro atoms. The van der Waals surface area contributed by atoms with Crippen LogP contribution < -0.4 is 5.56 Å². The average Bonchev–Trinajstić information content (AvgIpc) is 2.63. The fraction of sp³-hybridized carbons (Fsp3) is 0.500. The maximum absolute atomic E-state index is 11.5. The Balaban J connectivity index is 2.41. The van der Waals surface area contributed by atoms with Gasteiger partial charge in [-0.05, 0) is 13.3 Å². The van der Waals surface area contributed by atoms with Gasteiger partial charge in [-0.3, -0.25) is 4.79 Å².